The minimum Gasteiger partial charge on any atom is -0.463 e. The maximum absolute atomic E-state index is 11.8. The van der Waals surface area contributed by atoms with E-state index in [2.05, 4.69) is 22.9 Å². The molecule has 8 heteroatoms. The molecule has 0 aromatic heterocycles. The van der Waals surface area contributed by atoms with E-state index in [9.17, 15) is 19.8 Å². The first-order valence-corrected chi connectivity index (χ1v) is 12.9. The molecule has 2 rings (SSSR count). The Morgan fingerprint density at radius 2 is 1.91 bits per heavy atom. The van der Waals surface area contributed by atoms with Gasteiger partial charge in [-0.05, 0) is 38.5 Å². The van der Waals surface area contributed by atoms with Crippen LogP contribution in [0.1, 0.15) is 71.6 Å². The third-order valence-corrected chi connectivity index (χ3v) is 7.37. The maximum atomic E-state index is 11.8. The van der Waals surface area contributed by atoms with Crippen LogP contribution >= 0.6 is 15.9 Å². The zero-order chi connectivity index (χ0) is 23.5. The monoisotopic (exact) mass is 518 g/mol. The number of hydrogen-bond acceptors (Lipinski definition) is 7. The van der Waals surface area contributed by atoms with Crippen molar-refractivity contribution in [3.63, 3.8) is 0 Å². The highest BCUT2D eigenvalue weighted by atomic mass is 79.9. The number of aliphatic hydroxyl groups excluding tert-OH is 2. The van der Waals surface area contributed by atoms with Gasteiger partial charge < -0.3 is 24.4 Å². The summed E-state index contributed by atoms with van der Waals surface area (Å²) in [6.45, 7) is 3.76. The Morgan fingerprint density at radius 1 is 1.12 bits per heavy atom. The summed E-state index contributed by atoms with van der Waals surface area (Å²) in [5.41, 5.74) is 0. The molecule has 2 fully saturated rings. The molecule has 0 aromatic carbocycles. The first kappa shape index (κ1) is 27.3. The van der Waals surface area contributed by atoms with Crippen molar-refractivity contribution in [2.24, 2.45) is 11.8 Å². The first-order chi connectivity index (χ1) is 15.3. The second kappa shape index (κ2) is 14.3. The van der Waals surface area contributed by atoms with Crippen molar-refractivity contribution in [1.29, 1.82) is 0 Å². The van der Waals surface area contributed by atoms with Crippen molar-refractivity contribution >= 4 is 27.9 Å². The van der Waals surface area contributed by atoms with Crippen LogP contribution in [0.5, 0.6) is 0 Å². The molecule has 2 N–H and O–H groups in total. The van der Waals surface area contributed by atoms with Gasteiger partial charge in [0.25, 0.3) is 0 Å². The Morgan fingerprint density at radius 3 is 2.62 bits per heavy atom. The first-order valence-electron chi connectivity index (χ1n) is 12.0. The number of esters is 2. The van der Waals surface area contributed by atoms with E-state index in [4.69, 9.17) is 14.2 Å². The molecular formula is C24H39BrO7. The lowest BCUT2D eigenvalue weighted by atomic mass is 9.89. The summed E-state index contributed by atoms with van der Waals surface area (Å²) in [5.74, 6) is -0.704. The summed E-state index contributed by atoms with van der Waals surface area (Å²) in [6, 6.07) is 0. The SMILES string of the molecule is CCCCC[C@H](O)/C=C/[C@@H]1[C@H]2CC(C(Br)CCCC(=O)OCC(=O)OCC)O[C@H]2C[C@H]1O. The van der Waals surface area contributed by atoms with Gasteiger partial charge in [-0.15, -0.1) is 0 Å². The van der Waals surface area contributed by atoms with Gasteiger partial charge in [0.1, 0.15) is 0 Å². The minimum atomic E-state index is -0.538. The van der Waals surface area contributed by atoms with Gasteiger partial charge in [-0.2, -0.15) is 0 Å². The normalized spacial score (nSPS) is 29.1. The van der Waals surface area contributed by atoms with E-state index in [1.807, 2.05) is 12.2 Å². The van der Waals surface area contributed by atoms with Crippen LogP contribution in [-0.4, -0.2) is 64.6 Å². The lowest BCUT2D eigenvalue weighted by molar-refractivity contribution is -0.158. The molecule has 184 valence electrons. The van der Waals surface area contributed by atoms with Gasteiger partial charge in [-0.1, -0.05) is 54.3 Å². The lowest BCUT2D eigenvalue weighted by Crippen LogP contribution is -2.24. The predicted molar refractivity (Wildman–Crippen MR) is 124 cm³/mol. The van der Waals surface area contributed by atoms with Gasteiger partial charge in [0.15, 0.2) is 6.61 Å². The van der Waals surface area contributed by atoms with Crippen LogP contribution in [0.2, 0.25) is 0 Å². The number of carbonyl (C=O) groups is 2. The van der Waals surface area contributed by atoms with Gasteiger partial charge in [-0.25, -0.2) is 4.79 Å². The molecule has 1 saturated heterocycles. The Labute approximate surface area is 200 Å². The molecule has 32 heavy (non-hydrogen) atoms. The molecule has 2 unspecified atom stereocenters. The van der Waals surface area contributed by atoms with Crippen LogP contribution in [0.3, 0.4) is 0 Å². The molecule has 7 nitrogen and oxygen atoms in total. The molecule has 0 aromatic rings. The van der Waals surface area contributed by atoms with Crippen molar-refractivity contribution in [1.82, 2.24) is 0 Å². The quantitative estimate of drug-likeness (QED) is 0.156. The summed E-state index contributed by atoms with van der Waals surface area (Å²) >= 11 is 3.71. The van der Waals surface area contributed by atoms with Crippen LogP contribution in [0.25, 0.3) is 0 Å². The van der Waals surface area contributed by atoms with Crippen molar-refractivity contribution in [3.05, 3.63) is 12.2 Å². The van der Waals surface area contributed by atoms with Gasteiger partial charge >= 0.3 is 11.9 Å². The number of unbranched alkanes of at least 4 members (excludes halogenated alkanes) is 2. The van der Waals surface area contributed by atoms with E-state index in [1.165, 1.54) is 0 Å². The number of fused-ring (bicyclic) bond motifs is 1. The third-order valence-electron chi connectivity index (χ3n) is 6.32. The van der Waals surface area contributed by atoms with Crippen molar-refractivity contribution < 1.29 is 34.0 Å². The van der Waals surface area contributed by atoms with E-state index in [1.54, 1.807) is 6.92 Å². The molecule has 1 aliphatic carbocycles. The van der Waals surface area contributed by atoms with Crippen LogP contribution in [0.15, 0.2) is 12.2 Å². The molecular weight excluding hydrogens is 480 g/mol. The number of alkyl halides is 1. The van der Waals surface area contributed by atoms with E-state index in [0.717, 1.165) is 38.5 Å². The van der Waals surface area contributed by atoms with E-state index >= 15 is 0 Å². The number of halogens is 1. The van der Waals surface area contributed by atoms with Crippen LogP contribution in [-0.2, 0) is 23.8 Å². The number of carbonyl (C=O) groups excluding carboxylic acids is 2. The van der Waals surface area contributed by atoms with Gasteiger partial charge in [0, 0.05) is 23.6 Å². The molecule has 0 amide bonds. The second-order valence-corrected chi connectivity index (χ2v) is 9.99. The number of hydrogen-bond donors (Lipinski definition) is 2. The highest BCUT2D eigenvalue weighted by Gasteiger charge is 2.49. The average molecular weight is 519 g/mol. The second-order valence-electron chi connectivity index (χ2n) is 8.81. The average Bonchev–Trinajstić information content (AvgIpc) is 3.28. The molecule has 1 aliphatic heterocycles. The number of rotatable bonds is 14. The van der Waals surface area contributed by atoms with Gasteiger partial charge in [-0.3, -0.25) is 4.79 Å². The number of aliphatic hydroxyl groups is 2. The zero-order valence-electron chi connectivity index (χ0n) is 19.3. The summed E-state index contributed by atoms with van der Waals surface area (Å²) < 4.78 is 15.9. The van der Waals surface area contributed by atoms with E-state index < -0.39 is 24.1 Å². The Bertz CT molecular complexity index is 611. The molecule has 1 heterocycles. The molecule has 2 aliphatic rings. The summed E-state index contributed by atoms with van der Waals surface area (Å²) in [7, 11) is 0. The molecule has 1 saturated carbocycles. The minimum absolute atomic E-state index is 0.00313. The molecule has 0 bridgehead atoms. The fourth-order valence-electron chi connectivity index (χ4n) is 4.62. The number of ether oxygens (including phenoxy) is 3. The summed E-state index contributed by atoms with van der Waals surface area (Å²) in [4.78, 5) is 23.1. The molecule has 7 atom stereocenters. The Balaban J connectivity index is 1.72. The van der Waals surface area contributed by atoms with Crippen molar-refractivity contribution in [2.75, 3.05) is 13.2 Å². The van der Waals surface area contributed by atoms with Crippen LogP contribution in [0.4, 0.5) is 0 Å². The molecule has 0 radical (unpaired) electrons. The molecule has 0 spiro atoms. The van der Waals surface area contributed by atoms with E-state index in [-0.39, 0.29) is 48.5 Å². The van der Waals surface area contributed by atoms with E-state index in [0.29, 0.717) is 12.8 Å². The highest BCUT2D eigenvalue weighted by Crippen LogP contribution is 2.46. The maximum Gasteiger partial charge on any atom is 0.344 e. The third kappa shape index (κ3) is 8.76. The van der Waals surface area contributed by atoms with Gasteiger partial charge in [0.05, 0.1) is 31.0 Å². The van der Waals surface area contributed by atoms with Crippen LogP contribution in [0, 0.1) is 11.8 Å². The summed E-state index contributed by atoms with van der Waals surface area (Å²) in [6.07, 6.45) is 10.1. The zero-order valence-corrected chi connectivity index (χ0v) is 20.9. The topological polar surface area (TPSA) is 102 Å². The fraction of sp³-hybridized carbons (Fsp3) is 0.833. The van der Waals surface area contributed by atoms with Crippen LogP contribution < -0.4 is 0 Å². The standard InChI is InChI=1S/C24H39BrO7/c1-3-5-6-8-16(26)11-12-17-18-13-22(32-21(18)14-20(17)27)19(25)9-7-10-23(28)31-15-24(29)30-4-2/h11-12,16-22,26-27H,3-10,13-15H2,1-2H3/b12-11+/t16-,17+,18+,19?,20+,21-,22?/m0/s1. The summed E-state index contributed by atoms with van der Waals surface area (Å²) in [5, 5.41) is 20.6. The van der Waals surface area contributed by atoms with Gasteiger partial charge in [0.2, 0.25) is 0 Å². The smallest absolute Gasteiger partial charge is 0.344 e. The Hall–Kier alpha value is -0.960. The highest BCUT2D eigenvalue weighted by molar-refractivity contribution is 9.09. The van der Waals surface area contributed by atoms with Crippen molar-refractivity contribution in [3.8, 4) is 0 Å². The fourth-order valence-corrected chi connectivity index (χ4v) is 5.28. The largest absolute Gasteiger partial charge is 0.463 e. The predicted octanol–water partition coefficient (Wildman–Crippen LogP) is 3.68. The lowest BCUT2D eigenvalue weighted by Gasteiger charge is -2.21. The Kier molecular flexibility index (Phi) is 12.2. The van der Waals surface area contributed by atoms with Crippen molar-refractivity contribution in [2.45, 2.75) is 101 Å².